The van der Waals surface area contributed by atoms with Crippen LogP contribution in [-0.2, 0) is 5.41 Å². The largest absolute Gasteiger partial charge is 0.310 e. The minimum Gasteiger partial charge on any atom is -0.310 e. The first-order chi connectivity index (χ1) is 26.5. The minimum atomic E-state index is -0.246. The molecule has 11 rings (SSSR count). The van der Waals surface area contributed by atoms with Crippen LogP contribution in [0.5, 0.6) is 0 Å². The second-order valence-corrected chi connectivity index (χ2v) is 15.9. The molecule has 256 valence electrons. The van der Waals surface area contributed by atoms with Gasteiger partial charge in [0.2, 0.25) is 0 Å². The summed E-state index contributed by atoms with van der Waals surface area (Å²) in [6.07, 6.45) is 0. The van der Waals surface area contributed by atoms with Gasteiger partial charge >= 0.3 is 0 Å². The van der Waals surface area contributed by atoms with Crippen LogP contribution in [0.4, 0.5) is 17.1 Å². The zero-order valence-corrected chi connectivity index (χ0v) is 30.8. The van der Waals surface area contributed by atoms with Crippen LogP contribution in [0, 0.1) is 0 Å². The molecule has 0 spiro atoms. The van der Waals surface area contributed by atoms with Gasteiger partial charge < -0.3 is 4.90 Å². The molecule has 0 saturated carbocycles. The number of imidazole rings is 1. The molecule has 0 atom stereocenters. The Kier molecular flexibility index (Phi) is 6.77. The summed E-state index contributed by atoms with van der Waals surface area (Å²) >= 11 is 1.86. The van der Waals surface area contributed by atoms with Crippen LogP contribution in [0.25, 0.3) is 70.2 Å². The Morgan fingerprint density at radius 3 is 1.98 bits per heavy atom. The summed E-state index contributed by atoms with van der Waals surface area (Å²) in [7, 11) is 0. The third-order valence-corrected chi connectivity index (χ3v) is 12.5. The molecule has 54 heavy (non-hydrogen) atoms. The van der Waals surface area contributed by atoms with E-state index >= 15 is 0 Å². The predicted octanol–water partition coefficient (Wildman–Crippen LogP) is 14.0. The summed E-state index contributed by atoms with van der Waals surface area (Å²) < 4.78 is 4.97. The first-order valence-corrected chi connectivity index (χ1v) is 19.4. The summed E-state index contributed by atoms with van der Waals surface area (Å²) in [5.74, 6) is 0.951. The maximum Gasteiger partial charge on any atom is 0.145 e. The monoisotopic (exact) mass is 709 g/mol. The van der Waals surface area contributed by atoms with Gasteiger partial charge in [-0.1, -0.05) is 123 Å². The van der Waals surface area contributed by atoms with Gasteiger partial charge in [-0.2, -0.15) is 0 Å². The zero-order chi connectivity index (χ0) is 36.0. The molecule has 1 aliphatic rings. The van der Waals surface area contributed by atoms with Gasteiger partial charge in [0.25, 0.3) is 0 Å². The standard InChI is InChI=1S/C50H35N3S/c1-50(2)43-31-36(52(33-16-8-4-9-17-33)35-23-29-46-42(30-35)38-20-12-13-21-45(38)54-46)22-24-37(43)39-25-26-41-40(47(39)50)27-28-44-48(41)53(34-18-10-5-11-19-34)49(51-44)32-14-6-3-7-15-32/h3-31H,1-2H3. The van der Waals surface area contributed by atoms with E-state index in [-0.39, 0.29) is 5.41 Å². The molecule has 2 aromatic heterocycles. The van der Waals surface area contributed by atoms with Crippen LogP contribution in [-0.4, -0.2) is 9.55 Å². The molecule has 8 aromatic carbocycles. The van der Waals surface area contributed by atoms with Crippen molar-refractivity contribution in [3.63, 3.8) is 0 Å². The fourth-order valence-electron chi connectivity index (χ4n) is 8.92. The van der Waals surface area contributed by atoms with Crippen molar-refractivity contribution in [1.82, 2.24) is 9.55 Å². The lowest BCUT2D eigenvalue weighted by Crippen LogP contribution is -2.17. The summed E-state index contributed by atoms with van der Waals surface area (Å²) in [6, 6.07) is 63.9. The molecule has 10 aromatic rings. The molecule has 2 heterocycles. The number of thiophene rings is 1. The van der Waals surface area contributed by atoms with Crippen molar-refractivity contribution in [1.29, 1.82) is 0 Å². The Hall–Kier alpha value is -6.49. The van der Waals surface area contributed by atoms with Crippen molar-refractivity contribution in [3.8, 4) is 28.2 Å². The maximum atomic E-state index is 5.26. The first kappa shape index (κ1) is 31.1. The lowest BCUT2D eigenvalue weighted by atomic mass is 9.80. The smallest absolute Gasteiger partial charge is 0.145 e. The molecule has 0 aliphatic heterocycles. The van der Waals surface area contributed by atoms with E-state index in [0.29, 0.717) is 0 Å². The zero-order valence-electron chi connectivity index (χ0n) is 30.0. The van der Waals surface area contributed by atoms with Crippen molar-refractivity contribution in [2.75, 3.05) is 4.90 Å². The van der Waals surface area contributed by atoms with E-state index in [9.17, 15) is 0 Å². The maximum absolute atomic E-state index is 5.26. The predicted molar refractivity (Wildman–Crippen MR) is 229 cm³/mol. The van der Waals surface area contributed by atoms with Crippen molar-refractivity contribution < 1.29 is 0 Å². The number of anilines is 3. The quantitative estimate of drug-likeness (QED) is 0.177. The van der Waals surface area contributed by atoms with Crippen LogP contribution in [0.2, 0.25) is 0 Å². The van der Waals surface area contributed by atoms with Crippen molar-refractivity contribution >= 4 is 70.4 Å². The number of benzene rings is 8. The number of hydrogen-bond acceptors (Lipinski definition) is 3. The highest BCUT2D eigenvalue weighted by atomic mass is 32.1. The lowest BCUT2D eigenvalue weighted by molar-refractivity contribution is 0.666. The van der Waals surface area contributed by atoms with Crippen molar-refractivity contribution in [2.45, 2.75) is 19.3 Å². The summed E-state index contributed by atoms with van der Waals surface area (Å²) in [5, 5.41) is 5.09. The number of aromatic nitrogens is 2. The highest BCUT2D eigenvalue weighted by Gasteiger charge is 2.38. The van der Waals surface area contributed by atoms with Crippen LogP contribution in [0.15, 0.2) is 176 Å². The van der Waals surface area contributed by atoms with Crippen LogP contribution >= 0.6 is 11.3 Å². The second-order valence-electron chi connectivity index (χ2n) is 14.8. The summed E-state index contributed by atoms with van der Waals surface area (Å²) in [6.45, 7) is 4.79. The molecule has 0 saturated heterocycles. The van der Waals surface area contributed by atoms with Crippen molar-refractivity contribution in [3.05, 3.63) is 187 Å². The molecule has 3 nitrogen and oxygen atoms in total. The fraction of sp³-hybridized carbons (Fsp3) is 0.0600. The summed E-state index contributed by atoms with van der Waals surface area (Å²) in [5.41, 5.74) is 12.9. The minimum absolute atomic E-state index is 0.246. The SMILES string of the molecule is CC1(C)c2cc(N(c3ccccc3)c3ccc4sc5ccccc5c4c3)ccc2-c2ccc3c(ccc4nc(-c5ccccc5)n(-c5ccccc5)c43)c21. The Bertz CT molecular complexity index is 3070. The lowest BCUT2D eigenvalue weighted by Gasteiger charge is -2.28. The molecule has 0 fully saturated rings. The van der Waals surface area contributed by atoms with E-state index < -0.39 is 0 Å². The fourth-order valence-corrected chi connectivity index (χ4v) is 10.0. The average Bonchev–Trinajstić information content (AvgIpc) is 3.87. The molecule has 0 radical (unpaired) electrons. The van der Waals surface area contributed by atoms with Gasteiger partial charge in [-0.3, -0.25) is 4.57 Å². The number of nitrogens with zero attached hydrogens (tertiary/aromatic N) is 3. The van der Waals surface area contributed by atoms with Crippen LogP contribution in [0.1, 0.15) is 25.0 Å². The molecule has 0 unspecified atom stereocenters. The van der Waals surface area contributed by atoms with Crippen molar-refractivity contribution in [2.24, 2.45) is 0 Å². The van der Waals surface area contributed by atoms with Gasteiger partial charge in [0.1, 0.15) is 5.82 Å². The van der Waals surface area contributed by atoms with E-state index in [4.69, 9.17) is 4.98 Å². The summed E-state index contributed by atoms with van der Waals surface area (Å²) in [4.78, 5) is 7.67. The highest BCUT2D eigenvalue weighted by molar-refractivity contribution is 7.25. The van der Waals surface area contributed by atoms with Gasteiger partial charge in [0.05, 0.1) is 11.0 Å². The second kappa shape index (κ2) is 11.8. The van der Waals surface area contributed by atoms with E-state index in [2.05, 4.69) is 199 Å². The van der Waals surface area contributed by atoms with Gasteiger partial charge in [-0.15, -0.1) is 11.3 Å². The topological polar surface area (TPSA) is 21.1 Å². The number of fused-ring (bicyclic) bond motifs is 10. The van der Waals surface area contributed by atoms with E-state index in [1.54, 1.807) is 0 Å². The Morgan fingerprint density at radius 1 is 0.519 bits per heavy atom. The van der Waals surface area contributed by atoms with Gasteiger partial charge in [-0.05, 0) is 94.4 Å². The molecule has 0 amide bonds. The van der Waals surface area contributed by atoms with E-state index in [0.717, 1.165) is 45.2 Å². The molecule has 4 heteroatoms. The van der Waals surface area contributed by atoms with E-state index in [1.807, 2.05) is 11.3 Å². The number of para-hydroxylation sites is 2. The van der Waals surface area contributed by atoms with Crippen LogP contribution in [0.3, 0.4) is 0 Å². The third kappa shape index (κ3) is 4.57. The first-order valence-electron chi connectivity index (χ1n) is 18.6. The highest BCUT2D eigenvalue weighted by Crippen LogP contribution is 2.54. The number of rotatable bonds is 5. The Balaban J connectivity index is 1.10. The molecule has 0 bridgehead atoms. The van der Waals surface area contributed by atoms with E-state index in [1.165, 1.54) is 53.2 Å². The normalized spacial score (nSPS) is 13.1. The molecular weight excluding hydrogens is 675 g/mol. The molecule has 0 N–H and O–H groups in total. The average molecular weight is 710 g/mol. The molecule has 1 aliphatic carbocycles. The van der Waals surface area contributed by atoms with Gasteiger partial charge in [-0.25, -0.2) is 4.98 Å². The Labute approximate surface area is 318 Å². The third-order valence-electron chi connectivity index (χ3n) is 11.3. The van der Waals surface area contributed by atoms with Gasteiger partial charge in [0, 0.05) is 59.3 Å². The Morgan fingerprint density at radius 2 is 1.17 bits per heavy atom. The molecular formula is C50H35N3S. The van der Waals surface area contributed by atoms with Gasteiger partial charge in [0.15, 0.2) is 0 Å². The number of hydrogen-bond donors (Lipinski definition) is 0. The van der Waals surface area contributed by atoms with Crippen LogP contribution < -0.4 is 4.90 Å².